The molecule has 78 valence electrons. The Kier molecular flexibility index (Phi) is 4.56. The molecule has 1 saturated heterocycles. The number of rotatable bonds is 2. The van der Waals surface area contributed by atoms with Crippen LogP contribution in [-0.4, -0.2) is 17.2 Å². The molecule has 1 aliphatic heterocycles. The molecule has 1 N–H and O–H groups in total. The van der Waals surface area contributed by atoms with Crippen molar-refractivity contribution in [3.63, 3.8) is 0 Å². The van der Waals surface area contributed by atoms with Gasteiger partial charge < -0.3 is 5.32 Å². The van der Waals surface area contributed by atoms with Crippen LogP contribution in [0.4, 0.5) is 0 Å². The topological polar surface area (TPSA) is 55.2 Å². The van der Waals surface area contributed by atoms with E-state index in [2.05, 4.69) is 21.2 Å². The summed E-state index contributed by atoms with van der Waals surface area (Å²) in [4.78, 5) is 10.2. The summed E-state index contributed by atoms with van der Waals surface area (Å²) >= 11 is 15.5. The van der Waals surface area contributed by atoms with Gasteiger partial charge in [-0.3, -0.25) is 10.1 Å². The third-order valence-electron chi connectivity index (χ3n) is 1.41. The van der Waals surface area contributed by atoms with Gasteiger partial charge in [-0.05, 0) is 15.9 Å². The number of allylic oxidation sites excluding steroid dienone is 1. The lowest BCUT2D eigenvalue weighted by atomic mass is 10.4. The van der Waals surface area contributed by atoms with Gasteiger partial charge in [-0.2, -0.15) is 0 Å². The van der Waals surface area contributed by atoms with Crippen molar-refractivity contribution in [2.24, 2.45) is 0 Å². The van der Waals surface area contributed by atoms with E-state index in [9.17, 15) is 10.1 Å². The normalized spacial score (nSPS) is 21.4. The van der Waals surface area contributed by atoms with Crippen LogP contribution in [0.1, 0.15) is 0 Å². The molecule has 1 fully saturated rings. The summed E-state index contributed by atoms with van der Waals surface area (Å²) in [5.41, 5.74) is -0.184. The Labute approximate surface area is 103 Å². The predicted molar refractivity (Wildman–Crippen MR) is 62.1 cm³/mol. The van der Waals surface area contributed by atoms with E-state index in [1.54, 1.807) is 0 Å². The van der Waals surface area contributed by atoms with Gasteiger partial charge in [0.05, 0.1) is 4.92 Å². The molecule has 0 atom stereocenters. The maximum Gasteiger partial charge on any atom is 0.319 e. The molecule has 1 rings (SSSR count). The molecular weight excluding hydrogens is 315 g/mol. The van der Waals surface area contributed by atoms with Crippen molar-refractivity contribution < 1.29 is 4.92 Å². The predicted octanol–water partition coefficient (Wildman–Crippen LogP) is 2.81. The fraction of sp³-hybridized carbons (Fsp3) is 0.333. The average molecular weight is 320 g/mol. The molecule has 0 aromatic heterocycles. The van der Waals surface area contributed by atoms with Gasteiger partial charge in [0.25, 0.3) is 0 Å². The van der Waals surface area contributed by atoms with E-state index in [1.165, 1.54) is 11.8 Å². The van der Waals surface area contributed by atoms with Gasteiger partial charge in [0.1, 0.15) is 14.0 Å². The number of nitro groups is 1. The summed E-state index contributed by atoms with van der Waals surface area (Å²) < 4.78 is 0.0349. The van der Waals surface area contributed by atoms with Gasteiger partial charge in [-0.1, -0.05) is 35.0 Å². The molecule has 0 aromatic carbocycles. The molecule has 4 nitrogen and oxygen atoms in total. The first-order valence-corrected chi connectivity index (χ1v) is 6.04. The molecule has 0 unspecified atom stereocenters. The molecule has 8 heteroatoms. The molecule has 0 saturated carbocycles. The molecule has 1 heterocycles. The Hall–Kier alpha value is 0.0900. The van der Waals surface area contributed by atoms with E-state index in [1.807, 2.05) is 0 Å². The van der Waals surface area contributed by atoms with Crippen LogP contribution in [0.25, 0.3) is 0 Å². The second kappa shape index (κ2) is 5.25. The number of hydrogen-bond acceptors (Lipinski definition) is 4. The lowest BCUT2D eigenvalue weighted by Crippen LogP contribution is -2.11. The summed E-state index contributed by atoms with van der Waals surface area (Å²) in [6.45, 7) is 0.696. The fourth-order valence-electron chi connectivity index (χ4n) is 0.873. The minimum Gasteiger partial charge on any atom is -0.373 e. The number of thioether (sulfide) groups is 1. The molecule has 0 radical (unpaired) electrons. The molecule has 0 aliphatic carbocycles. The third-order valence-corrected chi connectivity index (χ3v) is 3.72. The molecule has 0 bridgehead atoms. The van der Waals surface area contributed by atoms with Crippen molar-refractivity contribution in [3.05, 3.63) is 29.8 Å². The van der Waals surface area contributed by atoms with Gasteiger partial charge >= 0.3 is 5.70 Å². The van der Waals surface area contributed by atoms with E-state index in [-0.39, 0.29) is 14.7 Å². The van der Waals surface area contributed by atoms with Crippen molar-refractivity contribution in [3.8, 4) is 0 Å². The Morgan fingerprint density at radius 3 is 2.64 bits per heavy atom. The highest BCUT2D eigenvalue weighted by Gasteiger charge is 2.27. The second-order valence-electron chi connectivity index (χ2n) is 2.28. The van der Waals surface area contributed by atoms with Crippen LogP contribution in [0.2, 0.25) is 0 Å². The van der Waals surface area contributed by atoms with E-state index in [4.69, 9.17) is 23.2 Å². The van der Waals surface area contributed by atoms with Crippen LogP contribution in [0.5, 0.6) is 0 Å². The maximum atomic E-state index is 10.7. The Morgan fingerprint density at radius 2 is 2.29 bits per heavy atom. The first-order valence-electron chi connectivity index (χ1n) is 3.50. The smallest absolute Gasteiger partial charge is 0.319 e. The fourth-order valence-corrected chi connectivity index (χ4v) is 2.30. The Balaban J connectivity index is 3.13. The van der Waals surface area contributed by atoms with Crippen LogP contribution in [0.3, 0.4) is 0 Å². The van der Waals surface area contributed by atoms with Crippen LogP contribution < -0.4 is 5.32 Å². The van der Waals surface area contributed by atoms with Crippen molar-refractivity contribution in [2.45, 2.75) is 0 Å². The highest BCUT2D eigenvalue weighted by molar-refractivity contribution is 9.12. The minimum absolute atomic E-state index is 0.0349. The number of nitrogens with one attached hydrogen (secondary N) is 1. The van der Waals surface area contributed by atoms with Gasteiger partial charge in [0.2, 0.25) is 0 Å². The molecule has 0 spiro atoms. The first kappa shape index (κ1) is 12.2. The SMILES string of the molecule is O=[N+]([O-])C(=C1/NCCS1)/C(Cl)=C(/Cl)Br. The summed E-state index contributed by atoms with van der Waals surface area (Å²) in [6, 6.07) is 0. The molecular formula is C6H5BrCl2N2O2S. The van der Waals surface area contributed by atoms with Gasteiger partial charge in [-0.15, -0.1) is 0 Å². The Morgan fingerprint density at radius 1 is 1.64 bits per heavy atom. The van der Waals surface area contributed by atoms with Crippen LogP contribution in [-0.2, 0) is 0 Å². The number of halogens is 3. The third kappa shape index (κ3) is 2.79. The minimum atomic E-state index is -0.549. The highest BCUT2D eigenvalue weighted by atomic mass is 79.9. The zero-order valence-electron chi connectivity index (χ0n) is 6.72. The largest absolute Gasteiger partial charge is 0.373 e. The lowest BCUT2D eigenvalue weighted by molar-refractivity contribution is -0.420. The van der Waals surface area contributed by atoms with Crippen LogP contribution in [0, 0.1) is 10.1 Å². The Bertz CT molecular complexity index is 320. The number of hydrogen-bond donors (Lipinski definition) is 1. The second-order valence-corrected chi connectivity index (χ2v) is 5.40. The average Bonchev–Trinajstić information content (AvgIpc) is 2.56. The standard InChI is InChI=1S/C6H5BrCl2N2O2S/c7-5(9)3(8)4(11(12)13)6-10-1-2-14-6/h10H,1-2H2/b5-3-,6-4-. The van der Waals surface area contributed by atoms with Crippen molar-refractivity contribution in [1.29, 1.82) is 0 Å². The zero-order valence-corrected chi connectivity index (χ0v) is 10.6. The number of nitrogens with zero attached hydrogens (tertiary/aromatic N) is 1. The quantitative estimate of drug-likeness (QED) is 0.628. The molecule has 0 aromatic rings. The first-order chi connectivity index (χ1) is 6.54. The van der Waals surface area contributed by atoms with Crippen molar-refractivity contribution in [1.82, 2.24) is 5.32 Å². The zero-order chi connectivity index (χ0) is 10.7. The monoisotopic (exact) mass is 318 g/mol. The molecule has 1 aliphatic rings. The molecule has 14 heavy (non-hydrogen) atoms. The van der Waals surface area contributed by atoms with Crippen molar-refractivity contribution in [2.75, 3.05) is 12.3 Å². The van der Waals surface area contributed by atoms with Crippen molar-refractivity contribution >= 4 is 50.9 Å². The summed E-state index contributed by atoms with van der Waals surface area (Å²) in [5.74, 6) is 0.788. The maximum absolute atomic E-state index is 10.7. The van der Waals surface area contributed by atoms with Crippen LogP contribution in [0.15, 0.2) is 19.7 Å². The van der Waals surface area contributed by atoms with E-state index in [0.717, 1.165) is 5.75 Å². The van der Waals surface area contributed by atoms with Gasteiger partial charge in [-0.25, -0.2) is 0 Å². The summed E-state index contributed by atoms with van der Waals surface area (Å²) in [6.07, 6.45) is 0. The van der Waals surface area contributed by atoms with E-state index in [0.29, 0.717) is 11.6 Å². The van der Waals surface area contributed by atoms with Gasteiger partial charge in [0, 0.05) is 12.3 Å². The van der Waals surface area contributed by atoms with Crippen LogP contribution >= 0.6 is 50.9 Å². The highest BCUT2D eigenvalue weighted by Crippen LogP contribution is 2.32. The van der Waals surface area contributed by atoms with E-state index < -0.39 is 4.92 Å². The summed E-state index contributed by atoms with van der Waals surface area (Å²) in [5, 5.41) is 14.0. The van der Waals surface area contributed by atoms with Gasteiger partial charge in [0.15, 0.2) is 0 Å². The lowest BCUT2D eigenvalue weighted by Gasteiger charge is -2.01. The molecule has 0 amide bonds. The van der Waals surface area contributed by atoms with E-state index >= 15 is 0 Å². The summed E-state index contributed by atoms with van der Waals surface area (Å²) in [7, 11) is 0.